The van der Waals surface area contributed by atoms with Gasteiger partial charge < -0.3 is 34.3 Å². The lowest BCUT2D eigenvalue weighted by Crippen LogP contribution is -2.51. The predicted octanol–water partition coefficient (Wildman–Crippen LogP) is 6.80. The summed E-state index contributed by atoms with van der Waals surface area (Å²) >= 11 is 18.9. The van der Waals surface area contributed by atoms with E-state index in [4.69, 9.17) is 53.8 Å². The van der Waals surface area contributed by atoms with Crippen LogP contribution in [-0.2, 0) is 24.1 Å². The van der Waals surface area contributed by atoms with Crippen molar-refractivity contribution < 1.29 is 33.6 Å². The fraction of sp³-hybridized carbons (Fsp3) is 0.297. The number of benzene rings is 4. The number of hydrogen-bond donors (Lipinski definition) is 2. The minimum Gasteiger partial charge on any atom is -0.493 e. The van der Waals surface area contributed by atoms with Crippen LogP contribution in [0.5, 0.6) is 23.0 Å². The second kappa shape index (κ2) is 17.0. The number of nitrogens with zero attached hydrogens (tertiary/aromatic N) is 1. The first-order chi connectivity index (χ1) is 23.7. The molecule has 258 valence electrons. The summed E-state index contributed by atoms with van der Waals surface area (Å²) in [7, 11) is 2.91. The molecule has 0 unspecified atom stereocenters. The van der Waals surface area contributed by atoms with Gasteiger partial charge in [0.1, 0.15) is 0 Å². The second-order valence-corrected chi connectivity index (χ2v) is 12.7. The number of aryl methyl sites for hydroxylation is 1. The van der Waals surface area contributed by atoms with E-state index in [1.54, 1.807) is 23.1 Å². The molecule has 2 N–H and O–H groups in total. The Morgan fingerprint density at radius 2 is 1.59 bits per heavy atom. The lowest BCUT2D eigenvalue weighted by molar-refractivity contribution is -0.132. The molecule has 2 atom stereocenters. The van der Waals surface area contributed by atoms with Crippen LogP contribution in [-0.4, -0.2) is 68.1 Å². The number of rotatable bonds is 15. The third-order valence-corrected chi connectivity index (χ3v) is 9.40. The lowest BCUT2D eigenvalue weighted by atomic mass is 9.99. The van der Waals surface area contributed by atoms with E-state index in [9.17, 15) is 14.7 Å². The second-order valence-electron chi connectivity index (χ2n) is 11.5. The smallest absolute Gasteiger partial charge is 0.253 e. The van der Waals surface area contributed by atoms with Gasteiger partial charge >= 0.3 is 0 Å². The number of carbonyl (C=O) groups is 2. The van der Waals surface area contributed by atoms with E-state index in [0.717, 1.165) is 16.7 Å². The van der Waals surface area contributed by atoms with Gasteiger partial charge in [-0.2, -0.15) is 0 Å². The molecular weight excluding hydrogens is 691 g/mol. The van der Waals surface area contributed by atoms with E-state index in [-0.39, 0.29) is 42.0 Å². The van der Waals surface area contributed by atoms with E-state index in [1.807, 2.05) is 54.6 Å². The molecule has 9 nitrogen and oxygen atoms in total. The predicted molar refractivity (Wildman–Crippen MR) is 190 cm³/mol. The first-order valence-electron chi connectivity index (χ1n) is 15.7. The van der Waals surface area contributed by atoms with Gasteiger partial charge in [0.25, 0.3) is 5.91 Å². The molecule has 2 amide bonds. The monoisotopic (exact) mass is 726 g/mol. The molecule has 1 heterocycles. The first kappa shape index (κ1) is 36.1. The molecule has 0 spiro atoms. The zero-order chi connectivity index (χ0) is 34.9. The standard InChI is InChI=1S/C37H37Cl3N2O7/c1-46-32-14-11-26(35(40)36(32)47-2)37(45)41-29(19-23-6-4-3-5-7-23)30(43)21-42(17-16-25-9-13-31-33(20-25)49-22-48-31)34(44)15-10-24-8-12-27(38)28(39)18-24/h3-9,11-14,18,20,29-30,43H,10,15-17,19,21-22H2,1-2H3,(H,41,45)/t29-,30-/m0/s1. The fourth-order valence-electron chi connectivity index (χ4n) is 5.60. The molecule has 1 aliphatic rings. The van der Waals surface area contributed by atoms with Crippen LogP contribution in [0.1, 0.15) is 33.5 Å². The van der Waals surface area contributed by atoms with Crippen molar-refractivity contribution in [2.24, 2.45) is 0 Å². The van der Waals surface area contributed by atoms with E-state index < -0.39 is 18.1 Å². The Balaban J connectivity index is 1.37. The number of hydrogen-bond acceptors (Lipinski definition) is 7. The summed E-state index contributed by atoms with van der Waals surface area (Å²) in [5, 5.41) is 15.6. The Morgan fingerprint density at radius 3 is 2.33 bits per heavy atom. The SMILES string of the molecule is COc1ccc(C(=O)N[C@@H](Cc2ccccc2)[C@@H](O)CN(CCc2ccc3c(c2)OCO3)C(=O)CCc2ccc(Cl)c(Cl)c2)c(Cl)c1OC. The molecule has 4 aromatic carbocycles. The lowest BCUT2D eigenvalue weighted by Gasteiger charge is -2.31. The van der Waals surface area contributed by atoms with Gasteiger partial charge in [-0.1, -0.05) is 77.3 Å². The van der Waals surface area contributed by atoms with Gasteiger partial charge in [-0.3, -0.25) is 9.59 Å². The number of halogens is 3. The number of aliphatic hydroxyl groups is 1. The van der Waals surface area contributed by atoms with Crippen molar-refractivity contribution in [2.45, 2.75) is 37.8 Å². The first-order valence-corrected chi connectivity index (χ1v) is 16.8. The van der Waals surface area contributed by atoms with Crippen molar-refractivity contribution in [1.82, 2.24) is 10.2 Å². The highest BCUT2D eigenvalue weighted by atomic mass is 35.5. The molecule has 4 aromatic rings. The fourth-order valence-corrected chi connectivity index (χ4v) is 6.24. The summed E-state index contributed by atoms with van der Waals surface area (Å²) in [4.78, 5) is 29.1. The zero-order valence-corrected chi connectivity index (χ0v) is 29.4. The van der Waals surface area contributed by atoms with Crippen LogP contribution in [0.4, 0.5) is 0 Å². The van der Waals surface area contributed by atoms with Gasteiger partial charge in [-0.25, -0.2) is 0 Å². The molecule has 0 aromatic heterocycles. The summed E-state index contributed by atoms with van der Waals surface area (Å²) in [5.41, 5.74) is 2.85. The molecule has 0 saturated carbocycles. The quantitative estimate of drug-likeness (QED) is 0.139. The van der Waals surface area contributed by atoms with Crippen LogP contribution in [0.2, 0.25) is 15.1 Å². The number of amides is 2. The molecule has 5 rings (SSSR count). The third kappa shape index (κ3) is 9.30. The molecule has 49 heavy (non-hydrogen) atoms. The van der Waals surface area contributed by atoms with Crippen molar-refractivity contribution in [1.29, 1.82) is 0 Å². The van der Waals surface area contributed by atoms with Crippen molar-refractivity contribution >= 4 is 46.6 Å². The Bertz CT molecular complexity index is 1770. The third-order valence-electron chi connectivity index (χ3n) is 8.29. The summed E-state index contributed by atoms with van der Waals surface area (Å²) in [6.45, 7) is 0.431. The van der Waals surface area contributed by atoms with Gasteiger partial charge in [-0.05, 0) is 72.4 Å². The van der Waals surface area contributed by atoms with E-state index >= 15 is 0 Å². The van der Waals surface area contributed by atoms with Crippen LogP contribution >= 0.6 is 34.8 Å². The van der Waals surface area contributed by atoms with Gasteiger partial charge in [-0.15, -0.1) is 0 Å². The van der Waals surface area contributed by atoms with Crippen molar-refractivity contribution in [2.75, 3.05) is 34.1 Å². The summed E-state index contributed by atoms with van der Waals surface area (Å²) < 4.78 is 21.7. The molecule has 0 fully saturated rings. The number of nitrogens with one attached hydrogen (secondary N) is 1. The highest BCUT2D eigenvalue weighted by Gasteiger charge is 2.28. The molecule has 12 heteroatoms. The highest BCUT2D eigenvalue weighted by Crippen LogP contribution is 2.37. The van der Waals surface area contributed by atoms with Crippen molar-refractivity contribution in [3.63, 3.8) is 0 Å². The van der Waals surface area contributed by atoms with Gasteiger partial charge in [0.05, 0.1) is 47.0 Å². The van der Waals surface area contributed by atoms with Crippen LogP contribution in [0.25, 0.3) is 0 Å². The summed E-state index contributed by atoms with van der Waals surface area (Å²) in [5.74, 6) is 1.24. The molecular formula is C37H37Cl3N2O7. The molecule has 1 aliphatic heterocycles. The largest absolute Gasteiger partial charge is 0.493 e. The molecule has 0 saturated heterocycles. The average molecular weight is 728 g/mol. The Labute approximate surface area is 300 Å². The van der Waals surface area contributed by atoms with Gasteiger partial charge in [0, 0.05) is 19.5 Å². The van der Waals surface area contributed by atoms with Gasteiger partial charge in [0.15, 0.2) is 23.0 Å². The average Bonchev–Trinajstić information content (AvgIpc) is 3.58. The number of methoxy groups -OCH3 is 2. The highest BCUT2D eigenvalue weighted by molar-refractivity contribution is 6.42. The van der Waals surface area contributed by atoms with E-state index in [2.05, 4.69) is 5.32 Å². The maximum absolute atomic E-state index is 13.8. The Hall–Kier alpha value is -4.15. The van der Waals surface area contributed by atoms with Crippen molar-refractivity contribution in [3.8, 4) is 23.0 Å². The molecule has 0 bridgehead atoms. The topological polar surface area (TPSA) is 107 Å². The van der Waals surface area contributed by atoms with Gasteiger partial charge in [0.2, 0.25) is 12.7 Å². The minimum absolute atomic E-state index is 0.0395. The van der Waals surface area contributed by atoms with Crippen molar-refractivity contribution in [3.05, 3.63) is 116 Å². The summed E-state index contributed by atoms with van der Waals surface area (Å²) in [6.07, 6.45) is 0.246. The Kier molecular flexibility index (Phi) is 12.5. The maximum atomic E-state index is 13.8. The van der Waals surface area contributed by atoms with Crippen LogP contribution in [0.15, 0.2) is 78.9 Å². The number of aliphatic hydroxyl groups excluding tert-OH is 1. The van der Waals surface area contributed by atoms with E-state index in [0.29, 0.717) is 53.1 Å². The number of carbonyl (C=O) groups excluding carboxylic acids is 2. The normalized spacial score (nSPS) is 13.0. The minimum atomic E-state index is -1.14. The Morgan fingerprint density at radius 1 is 0.857 bits per heavy atom. The van der Waals surface area contributed by atoms with Crippen LogP contribution < -0.4 is 24.3 Å². The molecule has 0 radical (unpaired) electrons. The molecule has 0 aliphatic carbocycles. The number of fused-ring (bicyclic) bond motifs is 1. The van der Waals surface area contributed by atoms with E-state index in [1.165, 1.54) is 20.3 Å². The number of ether oxygens (including phenoxy) is 4. The maximum Gasteiger partial charge on any atom is 0.253 e. The van der Waals surface area contributed by atoms with Crippen LogP contribution in [0, 0.1) is 0 Å². The van der Waals surface area contributed by atoms with Crippen LogP contribution in [0.3, 0.4) is 0 Å². The summed E-state index contributed by atoms with van der Waals surface area (Å²) in [6, 6.07) is 22.8. The zero-order valence-electron chi connectivity index (χ0n) is 27.1.